The Hall–Kier alpha value is -1.56. The van der Waals surface area contributed by atoms with Crippen LogP contribution in [0.2, 0.25) is 0 Å². The van der Waals surface area contributed by atoms with Crippen molar-refractivity contribution in [3.8, 4) is 0 Å². The molecule has 0 fully saturated rings. The molecule has 0 aliphatic carbocycles. The van der Waals surface area contributed by atoms with Gasteiger partial charge in [0, 0.05) is 12.1 Å². The summed E-state index contributed by atoms with van der Waals surface area (Å²) in [5.41, 5.74) is -0.624. The van der Waals surface area contributed by atoms with Crippen LogP contribution in [0.1, 0.15) is 12.5 Å². The maximum absolute atomic E-state index is 13.1. The lowest BCUT2D eigenvalue weighted by Crippen LogP contribution is -2.17. The molecule has 0 saturated heterocycles. The Bertz CT molecular complexity index is 351. The second-order valence-corrected chi connectivity index (χ2v) is 2.75. The van der Waals surface area contributed by atoms with Gasteiger partial charge in [-0.25, -0.2) is 0 Å². The third kappa shape index (κ3) is 2.69. The molecule has 1 rings (SSSR count). The van der Waals surface area contributed by atoms with Crippen LogP contribution in [0.15, 0.2) is 24.3 Å². The van der Waals surface area contributed by atoms with Crippen LogP contribution in [-0.2, 0) is 10.8 Å². The first-order chi connectivity index (χ1) is 6.97. The number of halogens is 2. The van der Waals surface area contributed by atoms with Crippen molar-refractivity contribution in [1.82, 2.24) is 0 Å². The highest BCUT2D eigenvalue weighted by atomic mass is 19.3. The van der Waals surface area contributed by atoms with Crippen LogP contribution in [-0.4, -0.2) is 11.5 Å². The van der Waals surface area contributed by atoms with E-state index in [9.17, 15) is 18.9 Å². The van der Waals surface area contributed by atoms with Gasteiger partial charge >= 0.3 is 6.11 Å². The van der Waals surface area contributed by atoms with E-state index in [4.69, 9.17) is 0 Å². The summed E-state index contributed by atoms with van der Waals surface area (Å²) in [4.78, 5) is 9.62. The lowest BCUT2D eigenvalue weighted by atomic mass is 10.2. The van der Waals surface area contributed by atoms with E-state index in [-0.39, 0.29) is 12.3 Å². The van der Waals surface area contributed by atoms with Crippen molar-refractivity contribution in [2.45, 2.75) is 13.0 Å². The second-order valence-electron chi connectivity index (χ2n) is 2.75. The summed E-state index contributed by atoms with van der Waals surface area (Å²) >= 11 is 0. The average Bonchev–Trinajstić information content (AvgIpc) is 2.18. The zero-order valence-electron chi connectivity index (χ0n) is 7.94. The first-order valence-electron chi connectivity index (χ1n) is 4.24. The SMILES string of the molecule is CCOC(F)(F)c1ccc([N+](=O)[O-])cc1. The van der Waals surface area contributed by atoms with Crippen LogP contribution >= 0.6 is 0 Å². The van der Waals surface area contributed by atoms with E-state index in [1.165, 1.54) is 6.92 Å². The highest BCUT2D eigenvalue weighted by molar-refractivity contribution is 5.33. The molecule has 15 heavy (non-hydrogen) atoms. The van der Waals surface area contributed by atoms with Gasteiger partial charge in [-0.2, -0.15) is 8.78 Å². The van der Waals surface area contributed by atoms with Gasteiger partial charge < -0.3 is 4.74 Å². The smallest absolute Gasteiger partial charge is 0.317 e. The molecule has 0 aromatic heterocycles. The molecule has 0 atom stereocenters. The summed E-state index contributed by atoms with van der Waals surface area (Å²) in [5, 5.41) is 10.3. The summed E-state index contributed by atoms with van der Waals surface area (Å²) in [6.45, 7) is 1.31. The zero-order valence-corrected chi connectivity index (χ0v) is 7.94. The van der Waals surface area contributed by atoms with Crippen molar-refractivity contribution in [3.05, 3.63) is 39.9 Å². The molecule has 0 radical (unpaired) electrons. The molecule has 1 aromatic carbocycles. The van der Waals surface area contributed by atoms with E-state index < -0.39 is 16.6 Å². The van der Waals surface area contributed by atoms with Gasteiger partial charge in [0.05, 0.1) is 17.1 Å². The fraction of sp³-hybridized carbons (Fsp3) is 0.333. The molecule has 0 N–H and O–H groups in total. The quantitative estimate of drug-likeness (QED) is 0.575. The number of nitrogens with zero attached hydrogens (tertiary/aromatic N) is 1. The number of nitro groups is 1. The number of nitro benzene ring substituents is 1. The largest absolute Gasteiger partial charge is 0.383 e. The molecule has 0 heterocycles. The Balaban J connectivity index is 2.93. The molecule has 0 aliphatic heterocycles. The summed E-state index contributed by atoms with van der Waals surface area (Å²) in [5.74, 6) is 0. The van der Waals surface area contributed by atoms with Gasteiger partial charge in [0.25, 0.3) is 5.69 Å². The fourth-order valence-electron chi connectivity index (χ4n) is 1.04. The van der Waals surface area contributed by atoms with E-state index in [2.05, 4.69) is 4.74 Å². The number of hydrogen-bond acceptors (Lipinski definition) is 3. The summed E-state index contributed by atoms with van der Waals surface area (Å²) in [6, 6.07) is 3.99. The van der Waals surface area contributed by atoms with Crippen LogP contribution in [0.3, 0.4) is 0 Å². The molecule has 0 aliphatic rings. The van der Waals surface area contributed by atoms with Crippen molar-refractivity contribution in [2.24, 2.45) is 0 Å². The predicted molar refractivity (Wildman–Crippen MR) is 48.6 cm³/mol. The van der Waals surface area contributed by atoms with E-state index in [0.717, 1.165) is 24.3 Å². The molecule has 82 valence electrons. The van der Waals surface area contributed by atoms with Gasteiger partial charge in [-0.05, 0) is 19.1 Å². The van der Waals surface area contributed by atoms with Gasteiger partial charge in [0.2, 0.25) is 0 Å². The Morgan fingerprint density at radius 1 is 1.40 bits per heavy atom. The lowest BCUT2D eigenvalue weighted by Gasteiger charge is -2.15. The average molecular weight is 217 g/mol. The van der Waals surface area contributed by atoms with Gasteiger partial charge in [-0.15, -0.1) is 0 Å². The normalized spacial score (nSPS) is 11.4. The molecule has 0 unspecified atom stereocenters. The third-order valence-corrected chi connectivity index (χ3v) is 1.74. The molecular formula is C9H9F2NO3. The standard InChI is InChI=1S/C9H9F2NO3/c1-2-15-9(10,11)7-3-5-8(6-4-7)12(13)14/h3-6H,2H2,1H3. The minimum Gasteiger partial charge on any atom is -0.317 e. The number of alkyl halides is 2. The second kappa shape index (κ2) is 4.31. The van der Waals surface area contributed by atoms with Crippen LogP contribution in [0.4, 0.5) is 14.5 Å². The van der Waals surface area contributed by atoms with Crippen LogP contribution in [0.5, 0.6) is 0 Å². The van der Waals surface area contributed by atoms with Crippen molar-refractivity contribution in [1.29, 1.82) is 0 Å². The van der Waals surface area contributed by atoms with Gasteiger partial charge in [-0.1, -0.05) is 0 Å². The lowest BCUT2D eigenvalue weighted by molar-refractivity contribution is -0.384. The highest BCUT2D eigenvalue weighted by Gasteiger charge is 2.32. The Morgan fingerprint density at radius 2 is 1.93 bits per heavy atom. The number of benzene rings is 1. The predicted octanol–water partition coefficient (Wildman–Crippen LogP) is 2.68. The Morgan fingerprint density at radius 3 is 2.33 bits per heavy atom. The third-order valence-electron chi connectivity index (χ3n) is 1.74. The van der Waals surface area contributed by atoms with Crippen molar-refractivity contribution < 1.29 is 18.4 Å². The number of rotatable bonds is 4. The van der Waals surface area contributed by atoms with E-state index >= 15 is 0 Å². The first kappa shape index (κ1) is 11.5. The molecule has 0 amide bonds. The molecule has 0 saturated carbocycles. The van der Waals surface area contributed by atoms with Crippen molar-refractivity contribution in [3.63, 3.8) is 0 Å². The minimum atomic E-state index is -3.40. The number of hydrogen-bond donors (Lipinski definition) is 0. The highest BCUT2D eigenvalue weighted by Crippen LogP contribution is 2.30. The van der Waals surface area contributed by atoms with Crippen molar-refractivity contribution in [2.75, 3.05) is 6.61 Å². The summed E-state index contributed by atoms with van der Waals surface area (Å²) in [6.07, 6.45) is -3.40. The Labute approximate surface area is 84.6 Å². The summed E-state index contributed by atoms with van der Waals surface area (Å²) in [7, 11) is 0. The maximum atomic E-state index is 13.1. The van der Waals surface area contributed by atoms with Gasteiger partial charge in [-0.3, -0.25) is 10.1 Å². The zero-order chi connectivity index (χ0) is 11.5. The molecule has 4 nitrogen and oxygen atoms in total. The molecule has 0 spiro atoms. The first-order valence-corrected chi connectivity index (χ1v) is 4.24. The van der Waals surface area contributed by atoms with E-state index in [1.807, 2.05) is 0 Å². The summed E-state index contributed by atoms with van der Waals surface area (Å²) < 4.78 is 30.4. The monoisotopic (exact) mass is 217 g/mol. The topological polar surface area (TPSA) is 52.4 Å². The molecule has 0 bridgehead atoms. The van der Waals surface area contributed by atoms with E-state index in [0.29, 0.717) is 0 Å². The fourth-order valence-corrected chi connectivity index (χ4v) is 1.04. The van der Waals surface area contributed by atoms with Crippen LogP contribution < -0.4 is 0 Å². The number of ether oxygens (including phenoxy) is 1. The molecular weight excluding hydrogens is 208 g/mol. The minimum absolute atomic E-state index is 0.135. The van der Waals surface area contributed by atoms with Crippen molar-refractivity contribution >= 4 is 5.69 Å². The van der Waals surface area contributed by atoms with E-state index in [1.54, 1.807) is 0 Å². The molecule has 1 aromatic rings. The van der Waals surface area contributed by atoms with Crippen LogP contribution in [0.25, 0.3) is 0 Å². The number of non-ortho nitro benzene ring substituents is 1. The maximum Gasteiger partial charge on any atom is 0.383 e. The van der Waals surface area contributed by atoms with Gasteiger partial charge in [0.15, 0.2) is 0 Å². The van der Waals surface area contributed by atoms with Gasteiger partial charge in [0.1, 0.15) is 0 Å². The molecule has 6 heteroatoms. The van der Waals surface area contributed by atoms with Crippen LogP contribution in [0, 0.1) is 10.1 Å². The Kier molecular flexibility index (Phi) is 3.31.